The molecule has 2 aliphatic rings. The summed E-state index contributed by atoms with van der Waals surface area (Å²) in [5.74, 6) is 1.52. The second kappa shape index (κ2) is 6.44. The molecule has 1 aliphatic heterocycles. The normalized spacial score (nSPS) is 26.1. The number of amides is 1. The van der Waals surface area contributed by atoms with Crippen molar-refractivity contribution in [2.24, 2.45) is 5.92 Å². The molecule has 1 amide bonds. The summed E-state index contributed by atoms with van der Waals surface area (Å²) in [5.41, 5.74) is 1.19. The van der Waals surface area contributed by atoms with Gasteiger partial charge in [-0.3, -0.25) is 4.79 Å². The molecule has 116 valence electrons. The lowest BCUT2D eigenvalue weighted by Gasteiger charge is -2.38. The highest BCUT2D eigenvalue weighted by Crippen LogP contribution is 2.41. The number of likely N-dealkylation sites (tertiary alicyclic amines) is 1. The van der Waals surface area contributed by atoms with Gasteiger partial charge < -0.3 is 10.2 Å². The molecule has 1 saturated heterocycles. The molecule has 1 aromatic heterocycles. The van der Waals surface area contributed by atoms with Crippen molar-refractivity contribution in [3.05, 3.63) is 16.1 Å². The molecule has 2 fully saturated rings. The monoisotopic (exact) mass is 307 g/mol. The Hall–Kier alpha value is -0.940. The van der Waals surface area contributed by atoms with Crippen molar-refractivity contribution in [2.75, 3.05) is 13.1 Å². The van der Waals surface area contributed by atoms with E-state index in [9.17, 15) is 4.79 Å². The largest absolute Gasteiger partial charge is 0.343 e. The van der Waals surface area contributed by atoms with Crippen LogP contribution in [0.25, 0.3) is 0 Å². The van der Waals surface area contributed by atoms with E-state index in [0.717, 1.165) is 38.4 Å². The highest BCUT2D eigenvalue weighted by Gasteiger charge is 2.29. The van der Waals surface area contributed by atoms with Crippen molar-refractivity contribution in [1.82, 2.24) is 15.2 Å². The van der Waals surface area contributed by atoms with Gasteiger partial charge in [0.05, 0.1) is 10.7 Å². The summed E-state index contributed by atoms with van der Waals surface area (Å²) in [5, 5.41) is 7.20. The topological polar surface area (TPSA) is 45.2 Å². The van der Waals surface area contributed by atoms with Crippen molar-refractivity contribution in [1.29, 1.82) is 0 Å². The van der Waals surface area contributed by atoms with E-state index in [1.807, 2.05) is 16.2 Å². The third-order valence-electron chi connectivity index (χ3n) is 4.75. The number of rotatable bonds is 5. The first kappa shape index (κ1) is 15.0. The van der Waals surface area contributed by atoms with Crippen molar-refractivity contribution < 1.29 is 4.79 Å². The minimum atomic E-state index is 0.209. The number of aromatic nitrogens is 1. The molecule has 0 bridgehead atoms. The lowest BCUT2D eigenvalue weighted by atomic mass is 9.90. The number of hydrogen-bond acceptors (Lipinski definition) is 4. The van der Waals surface area contributed by atoms with Gasteiger partial charge in [0.15, 0.2) is 0 Å². The maximum atomic E-state index is 11.5. The minimum Gasteiger partial charge on any atom is -0.343 e. The van der Waals surface area contributed by atoms with E-state index in [0.29, 0.717) is 12.0 Å². The molecule has 4 nitrogen and oxygen atoms in total. The maximum Gasteiger partial charge on any atom is 0.219 e. The van der Waals surface area contributed by atoms with Gasteiger partial charge in [-0.2, -0.15) is 0 Å². The van der Waals surface area contributed by atoms with Gasteiger partial charge in [-0.15, -0.1) is 11.3 Å². The molecular weight excluding hydrogens is 282 g/mol. The van der Waals surface area contributed by atoms with Crippen LogP contribution in [0.1, 0.15) is 56.2 Å². The second-order valence-electron chi connectivity index (χ2n) is 6.36. The van der Waals surface area contributed by atoms with Gasteiger partial charge in [-0.1, -0.05) is 13.3 Å². The summed E-state index contributed by atoms with van der Waals surface area (Å²) in [7, 11) is 0. The van der Waals surface area contributed by atoms with Crippen LogP contribution in [-0.2, 0) is 11.3 Å². The zero-order valence-corrected chi connectivity index (χ0v) is 13.8. The first-order chi connectivity index (χ1) is 10.2. The van der Waals surface area contributed by atoms with Crippen LogP contribution in [-0.4, -0.2) is 34.9 Å². The molecule has 1 aromatic rings. The van der Waals surface area contributed by atoms with Crippen molar-refractivity contribution in [3.63, 3.8) is 0 Å². The maximum absolute atomic E-state index is 11.5. The lowest BCUT2D eigenvalue weighted by Crippen LogP contribution is -2.50. The molecule has 2 atom stereocenters. The average molecular weight is 307 g/mol. The predicted octanol–water partition coefficient (Wildman–Crippen LogP) is 2.76. The zero-order valence-electron chi connectivity index (χ0n) is 13.0. The number of hydrogen-bond donors (Lipinski definition) is 1. The molecule has 0 unspecified atom stereocenters. The van der Waals surface area contributed by atoms with Gasteiger partial charge in [0, 0.05) is 43.9 Å². The molecule has 21 heavy (non-hydrogen) atoms. The van der Waals surface area contributed by atoms with Crippen LogP contribution in [0.4, 0.5) is 0 Å². The Labute approximate surface area is 130 Å². The number of thiazole rings is 1. The van der Waals surface area contributed by atoms with E-state index in [-0.39, 0.29) is 5.91 Å². The molecule has 3 rings (SSSR count). The Morgan fingerprint density at radius 2 is 2.29 bits per heavy atom. The van der Waals surface area contributed by atoms with E-state index in [1.54, 1.807) is 6.92 Å². The lowest BCUT2D eigenvalue weighted by molar-refractivity contribution is -0.131. The van der Waals surface area contributed by atoms with Crippen LogP contribution in [0.5, 0.6) is 0 Å². The van der Waals surface area contributed by atoms with E-state index in [2.05, 4.69) is 17.6 Å². The van der Waals surface area contributed by atoms with Crippen LogP contribution in [0.3, 0.4) is 0 Å². The molecular formula is C16H25N3OS. The van der Waals surface area contributed by atoms with Crippen molar-refractivity contribution >= 4 is 17.2 Å². The summed E-state index contributed by atoms with van der Waals surface area (Å²) >= 11 is 1.81. The number of carbonyl (C=O) groups excluding carboxylic acids is 1. The van der Waals surface area contributed by atoms with Gasteiger partial charge in [-0.25, -0.2) is 4.98 Å². The second-order valence-corrected chi connectivity index (χ2v) is 7.25. The molecule has 5 heteroatoms. The molecule has 1 N–H and O–H groups in total. The van der Waals surface area contributed by atoms with Gasteiger partial charge in [-0.05, 0) is 25.2 Å². The number of carbonyl (C=O) groups is 1. The van der Waals surface area contributed by atoms with Crippen LogP contribution >= 0.6 is 11.3 Å². The SMILES string of the molecule is CC[C@H]1CN(C(C)=O)CC[C@@H]1NCc1csc(C2CC2)n1. The molecule has 0 spiro atoms. The first-order valence-corrected chi connectivity index (χ1v) is 8.98. The number of nitrogens with one attached hydrogen (secondary N) is 1. The summed E-state index contributed by atoms with van der Waals surface area (Å²) in [6.07, 6.45) is 4.81. The Kier molecular flexibility index (Phi) is 4.60. The van der Waals surface area contributed by atoms with E-state index >= 15 is 0 Å². The molecule has 2 heterocycles. The summed E-state index contributed by atoms with van der Waals surface area (Å²) in [6.45, 7) is 6.54. The van der Waals surface area contributed by atoms with Gasteiger partial charge in [0.2, 0.25) is 5.91 Å². The molecule has 0 radical (unpaired) electrons. The van der Waals surface area contributed by atoms with Gasteiger partial charge in [0.1, 0.15) is 0 Å². The number of nitrogens with zero attached hydrogens (tertiary/aromatic N) is 2. The summed E-state index contributed by atoms with van der Waals surface area (Å²) in [6, 6.07) is 0.511. The first-order valence-electron chi connectivity index (χ1n) is 8.10. The predicted molar refractivity (Wildman–Crippen MR) is 85.4 cm³/mol. The van der Waals surface area contributed by atoms with Crippen LogP contribution in [0.15, 0.2) is 5.38 Å². The average Bonchev–Trinajstić information content (AvgIpc) is 3.24. The molecule has 0 aromatic carbocycles. The smallest absolute Gasteiger partial charge is 0.219 e. The highest BCUT2D eigenvalue weighted by molar-refractivity contribution is 7.09. The van der Waals surface area contributed by atoms with E-state index in [1.165, 1.54) is 23.5 Å². The fourth-order valence-electron chi connectivity index (χ4n) is 3.16. The zero-order chi connectivity index (χ0) is 14.8. The van der Waals surface area contributed by atoms with Crippen molar-refractivity contribution in [2.45, 2.75) is 58.0 Å². The standard InChI is InChI=1S/C16H25N3OS/c1-3-12-9-19(11(2)20)7-6-15(12)17-8-14-10-21-16(18-14)13-4-5-13/h10,12-13,15,17H,3-9H2,1-2H3/t12-,15-/m0/s1. The Balaban J connectivity index is 1.52. The molecule has 1 aliphatic carbocycles. The highest BCUT2D eigenvalue weighted by atomic mass is 32.1. The summed E-state index contributed by atoms with van der Waals surface area (Å²) < 4.78 is 0. The van der Waals surface area contributed by atoms with Crippen LogP contribution in [0, 0.1) is 5.92 Å². The quantitative estimate of drug-likeness (QED) is 0.910. The van der Waals surface area contributed by atoms with Gasteiger partial charge in [0.25, 0.3) is 0 Å². The van der Waals surface area contributed by atoms with Crippen LogP contribution in [0.2, 0.25) is 0 Å². The fourth-order valence-corrected chi connectivity index (χ4v) is 4.15. The van der Waals surface area contributed by atoms with Crippen LogP contribution < -0.4 is 5.32 Å². The fraction of sp³-hybridized carbons (Fsp3) is 0.750. The van der Waals surface area contributed by atoms with E-state index in [4.69, 9.17) is 4.98 Å². The van der Waals surface area contributed by atoms with E-state index < -0.39 is 0 Å². The Morgan fingerprint density at radius 3 is 2.95 bits per heavy atom. The third-order valence-corrected chi connectivity index (χ3v) is 5.80. The number of piperidine rings is 1. The Bertz CT molecular complexity index is 497. The Morgan fingerprint density at radius 1 is 1.48 bits per heavy atom. The van der Waals surface area contributed by atoms with Crippen molar-refractivity contribution in [3.8, 4) is 0 Å². The minimum absolute atomic E-state index is 0.209. The van der Waals surface area contributed by atoms with Gasteiger partial charge >= 0.3 is 0 Å². The molecule has 1 saturated carbocycles. The third kappa shape index (κ3) is 3.64. The summed E-state index contributed by atoms with van der Waals surface area (Å²) in [4.78, 5) is 18.2.